The number of unbranched alkanes of at least 4 members (excludes halogenated alkanes) is 3. The molecule has 0 bridgehead atoms. The van der Waals surface area contributed by atoms with E-state index in [1.165, 1.54) is 47.1 Å². The Labute approximate surface area is 747 Å². The summed E-state index contributed by atoms with van der Waals surface area (Å²) in [6.45, 7) is 17.7. The van der Waals surface area contributed by atoms with E-state index in [0.717, 1.165) is 49.9 Å². The molecule has 0 radical (unpaired) electrons. The summed E-state index contributed by atoms with van der Waals surface area (Å²) in [5.74, 6) is -10.5. The number of aliphatic carboxylic acids is 1. The Bertz CT molecular complexity index is 5320. The average molecular weight is 1820 g/mol. The Morgan fingerprint density at radius 1 is 0.508 bits per heavy atom. The van der Waals surface area contributed by atoms with Crippen molar-refractivity contribution in [2.45, 2.75) is 207 Å². The summed E-state index contributed by atoms with van der Waals surface area (Å²) < 4.78 is 71.5. The number of amides is 9. The fourth-order valence-electron chi connectivity index (χ4n) is 16.3. The zero-order valence-corrected chi connectivity index (χ0v) is 76.2. The van der Waals surface area contributed by atoms with Crippen molar-refractivity contribution in [3.8, 4) is 0 Å². The number of hydrogen-bond acceptors (Lipinski definition) is 20. The number of fused-ring (bicyclic) bond motifs is 6. The molecular formula is C92H126N12O22S2+2. The summed E-state index contributed by atoms with van der Waals surface area (Å²) >= 11 is 0. The third-order valence-electron chi connectivity index (χ3n) is 24.1. The van der Waals surface area contributed by atoms with Gasteiger partial charge in [0, 0.05) is 55.6 Å². The molecule has 36 heteroatoms. The number of allylic oxidation sites excluding steroid dienone is 8. The summed E-state index contributed by atoms with van der Waals surface area (Å²) in [5, 5.41) is 86.4. The SMILES string of the molecule is CC(C)CC(NC(=O)C(Cc1ccccc1)NC(=O)CNC(=O)C(C)(C)C(C)(C(=O)NCC(=O)NCC(=O)NC1C(O)OC(O)C(O)C1O)C(C)(C)C(=O)NCC(C)O)C(=O)NCC(=O)NC(CCCCNS(=O)(=O)CCCC[N+]1=C(C=CC=CC=CC=CC2=[N+](CCCCS(=O)(=O)O)c3c(ccc4ccccc34)C2(C)C)C(C)(C)c2ccc3ccccc3c21)C(=O)O. The van der Waals surface area contributed by atoms with E-state index >= 15 is 0 Å². The Hall–Kier alpha value is -10.8. The summed E-state index contributed by atoms with van der Waals surface area (Å²) in [6.07, 6.45) is 9.08. The second kappa shape index (κ2) is 45.0. The molecule has 34 nitrogen and oxygen atoms in total. The molecule has 10 unspecified atom stereocenters. The molecule has 0 spiro atoms. The molecule has 0 saturated carbocycles. The van der Waals surface area contributed by atoms with Crippen LogP contribution in [-0.2, 0) is 90.1 Å². The first-order chi connectivity index (χ1) is 60.1. The Balaban J connectivity index is 0.825. The predicted molar refractivity (Wildman–Crippen MR) is 483 cm³/mol. The highest BCUT2D eigenvalue weighted by atomic mass is 32.2. The number of carboxylic acids is 1. The number of carbonyl (C=O) groups excluding carboxylic acids is 9. The molecule has 0 aliphatic carbocycles. The van der Waals surface area contributed by atoms with Gasteiger partial charge >= 0.3 is 5.97 Å². The monoisotopic (exact) mass is 1810 g/mol. The second-order valence-corrected chi connectivity index (χ2v) is 38.8. The number of benzene rings is 5. The minimum Gasteiger partial charge on any atom is -0.480 e. The standard InChI is InChI=1S/C92H124N12O22S2/c1-57(2)50-67(101-81(113)68(51-59-32-18-17-19-33-59)100-73(108)56-96-86(119)91(10,11)92(12,90(8,9)85(118)95-52-58(3)105)87(120)97-53-71(106)93-54-74(109)102-75-78(110)79(111)84(117)126-83(75)116)80(112)94-55-72(107)99-66(82(114)115)38-26-27-45-98-127(121,122)48-30-28-46-103-69(88(4,5)64-43-41-60-34-22-24-36-62(60)76(64)103)39-20-15-13-14-16-21-40-70-89(6,7)65-44-42-61-35-23-25-37-63(61)77(65)104(70)47-29-31-49-128(123,124)125/h13-25,32-37,39-44,57-58,66-68,75,78-79,83-84,98,105,110-111,116-117H,26-31,38,45-56H2,1-12H3,(H9-2,93,94,95,96,97,99,100,101,102,106,107,108,109,112,113,114,115,118,119,120,123,124,125)/p+2. The van der Waals surface area contributed by atoms with Gasteiger partial charge in [0.15, 0.2) is 24.0 Å². The van der Waals surface area contributed by atoms with E-state index in [4.69, 9.17) is 4.74 Å². The Morgan fingerprint density at radius 3 is 1.52 bits per heavy atom. The van der Waals surface area contributed by atoms with Gasteiger partial charge in [-0.05, 0) is 142 Å². The van der Waals surface area contributed by atoms with Gasteiger partial charge in [0.2, 0.25) is 74.6 Å². The van der Waals surface area contributed by atoms with Crippen molar-refractivity contribution in [3.63, 3.8) is 0 Å². The number of carboxylic acid groups (broad SMARTS) is 1. The van der Waals surface area contributed by atoms with Gasteiger partial charge in [0.25, 0.3) is 10.1 Å². The van der Waals surface area contributed by atoms with Crippen molar-refractivity contribution in [1.82, 2.24) is 52.6 Å². The van der Waals surface area contributed by atoms with Crippen molar-refractivity contribution < 1.29 is 114 Å². The minimum absolute atomic E-state index is 0.0123. The maximum Gasteiger partial charge on any atom is 0.326 e. The Morgan fingerprint density at radius 2 is 0.992 bits per heavy atom. The molecule has 128 heavy (non-hydrogen) atoms. The van der Waals surface area contributed by atoms with Gasteiger partial charge in [-0.3, -0.25) is 47.7 Å². The first kappa shape index (κ1) is 103. The van der Waals surface area contributed by atoms with E-state index in [2.05, 4.69) is 150 Å². The number of ether oxygens (including phenoxy) is 1. The van der Waals surface area contributed by atoms with Gasteiger partial charge in [-0.25, -0.2) is 17.9 Å². The van der Waals surface area contributed by atoms with E-state index in [9.17, 15) is 100.0 Å². The van der Waals surface area contributed by atoms with Gasteiger partial charge in [-0.15, -0.1) is 0 Å². The smallest absolute Gasteiger partial charge is 0.326 e. The molecule has 0 aromatic heterocycles. The molecule has 3 aliphatic rings. The van der Waals surface area contributed by atoms with Crippen LogP contribution in [0.5, 0.6) is 0 Å². The normalized spacial score (nSPS) is 19.0. The molecule has 1 saturated heterocycles. The number of nitrogens with one attached hydrogen (secondary N) is 10. The van der Waals surface area contributed by atoms with Crippen LogP contribution >= 0.6 is 0 Å². The molecule has 1 fully saturated rings. The molecular weight excluding hydrogens is 1690 g/mol. The molecule has 8 rings (SSSR count). The number of carbonyl (C=O) groups is 10. The second-order valence-electron chi connectivity index (χ2n) is 35.3. The third kappa shape index (κ3) is 26.5. The van der Waals surface area contributed by atoms with Crippen molar-refractivity contribution in [2.24, 2.45) is 22.2 Å². The quantitative estimate of drug-likeness (QED) is 0.0113. The minimum atomic E-state index is -4.09. The summed E-state index contributed by atoms with van der Waals surface area (Å²) in [5.41, 5.74) is 0.295. The number of rotatable bonds is 47. The van der Waals surface area contributed by atoms with E-state index < -0.39 is 182 Å². The maximum atomic E-state index is 14.6. The largest absolute Gasteiger partial charge is 0.480 e. The van der Waals surface area contributed by atoms with Crippen LogP contribution in [0, 0.1) is 22.2 Å². The van der Waals surface area contributed by atoms with E-state index in [-0.39, 0.29) is 68.0 Å². The van der Waals surface area contributed by atoms with E-state index in [1.54, 1.807) is 44.2 Å². The fourth-order valence-corrected chi connectivity index (χ4v) is 18.1. The maximum absolute atomic E-state index is 14.6. The van der Waals surface area contributed by atoms with Crippen LogP contribution in [0.2, 0.25) is 0 Å². The number of nitrogens with zero attached hydrogens (tertiary/aromatic N) is 2. The number of aliphatic hydroxyl groups is 5. The Kier molecular flexibility index (Phi) is 36.0. The van der Waals surface area contributed by atoms with Crippen molar-refractivity contribution in [2.75, 3.05) is 63.9 Å². The highest BCUT2D eigenvalue weighted by Crippen LogP contribution is 2.53. The van der Waals surface area contributed by atoms with Crippen LogP contribution < -0.4 is 52.6 Å². The first-order valence-electron chi connectivity index (χ1n) is 43.0. The molecule has 696 valence electrons. The van der Waals surface area contributed by atoms with Crippen LogP contribution in [0.4, 0.5) is 11.4 Å². The lowest BCUT2D eigenvalue weighted by Gasteiger charge is -2.50. The van der Waals surface area contributed by atoms with Gasteiger partial charge in [0.1, 0.15) is 49.5 Å². The van der Waals surface area contributed by atoms with Crippen molar-refractivity contribution in [1.29, 1.82) is 0 Å². The zero-order chi connectivity index (χ0) is 94.4. The predicted octanol–water partition coefficient (Wildman–Crippen LogP) is 3.93. The van der Waals surface area contributed by atoms with Gasteiger partial charge in [-0.1, -0.05) is 141 Å². The molecule has 10 atom stereocenters. The molecule has 5 aromatic carbocycles. The topological polar surface area (TPSA) is 516 Å². The average Bonchev–Trinajstić information content (AvgIpc) is 1.11. The molecule has 9 amide bonds. The molecule has 17 N–H and O–H groups in total. The number of sulfonamides is 1. The highest BCUT2D eigenvalue weighted by Gasteiger charge is 2.63. The van der Waals surface area contributed by atoms with Crippen LogP contribution in [-0.4, -0.2) is 251 Å². The first-order valence-corrected chi connectivity index (χ1v) is 46.3. The molecule has 5 aromatic rings. The number of aliphatic hydroxyl groups excluding tert-OH is 5. The van der Waals surface area contributed by atoms with Crippen molar-refractivity contribution in [3.05, 3.63) is 168 Å². The zero-order valence-electron chi connectivity index (χ0n) is 74.6. The summed E-state index contributed by atoms with van der Waals surface area (Å²) in [4.78, 5) is 137. The van der Waals surface area contributed by atoms with Crippen LogP contribution in [0.15, 0.2) is 152 Å². The van der Waals surface area contributed by atoms with Crippen LogP contribution in [0.3, 0.4) is 0 Å². The van der Waals surface area contributed by atoms with Gasteiger partial charge < -0.3 is 83.2 Å². The van der Waals surface area contributed by atoms with Crippen LogP contribution in [0.25, 0.3) is 21.5 Å². The van der Waals surface area contributed by atoms with Gasteiger partial charge in [-0.2, -0.15) is 17.6 Å². The fraction of sp³-hybridized carbons (Fsp3) is 0.500. The van der Waals surface area contributed by atoms with Crippen LogP contribution in [0.1, 0.15) is 151 Å². The molecule has 3 heterocycles. The van der Waals surface area contributed by atoms with Crippen molar-refractivity contribution >= 4 is 124 Å². The number of hydrogen-bond donors (Lipinski definition) is 17. The summed E-state index contributed by atoms with van der Waals surface area (Å²) in [6, 6.07) is 27.5. The van der Waals surface area contributed by atoms with Gasteiger partial charge in [0.05, 0.1) is 81.6 Å². The highest BCUT2D eigenvalue weighted by molar-refractivity contribution is 7.89. The lowest BCUT2D eigenvalue weighted by atomic mass is 9.52. The third-order valence-corrected chi connectivity index (χ3v) is 26.4. The lowest BCUT2D eigenvalue weighted by molar-refractivity contribution is -0.436. The van der Waals surface area contributed by atoms with E-state index in [1.807, 2.05) is 60.7 Å². The van der Waals surface area contributed by atoms with E-state index in [0.29, 0.717) is 44.3 Å². The molecule has 3 aliphatic heterocycles. The lowest BCUT2D eigenvalue weighted by Crippen LogP contribution is -2.65. The summed E-state index contributed by atoms with van der Waals surface area (Å²) in [7, 11) is -7.89.